The highest BCUT2D eigenvalue weighted by Crippen LogP contribution is 2.35. The molecule has 3 aromatic carbocycles. The molecule has 0 saturated heterocycles. The van der Waals surface area contributed by atoms with Crippen molar-refractivity contribution in [3.8, 4) is 17.2 Å². The number of nitro benzene ring substituents is 1. The van der Waals surface area contributed by atoms with Crippen molar-refractivity contribution < 1.29 is 28.7 Å². The molecule has 0 saturated carbocycles. The quantitative estimate of drug-likeness (QED) is 0.246. The summed E-state index contributed by atoms with van der Waals surface area (Å²) in [6.07, 6.45) is 1.22. The van der Waals surface area contributed by atoms with Crippen LogP contribution in [0.3, 0.4) is 0 Å². The summed E-state index contributed by atoms with van der Waals surface area (Å²) in [7, 11) is 4.24. The van der Waals surface area contributed by atoms with Crippen LogP contribution in [-0.4, -0.2) is 38.1 Å². The van der Waals surface area contributed by atoms with E-state index in [4.69, 9.17) is 14.2 Å². The fraction of sp³-hybridized carbons (Fsp3) is 0.185. The Morgan fingerprint density at radius 3 is 2.11 bits per heavy atom. The van der Waals surface area contributed by atoms with Crippen LogP contribution in [0.4, 0.5) is 11.4 Å². The summed E-state index contributed by atoms with van der Waals surface area (Å²) in [6.45, 7) is 3.76. The van der Waals surface area contributed by atoms with Gasteiger partial charge in [0, 0.05) is 11.3 Å². The third-order valence-electron chi connectivity index (χ3n) is 5.50. The molecule has 37 heavy (non-hydrogen) atoms. The Balaban J connectivity index is 2.08. The molecule has 0 aliphatic heterocycles. The van der Waals surface area contributed by atoms with Gasteiger partial charge in [0.2, 0.25) is 0 Å². The Kier molecular flexibility index (Phi) is 8.47. The highest BCUT2D eigenvalue weighted by atomic mass is 16.6. The molecular weight excluding hydrogens is 478 g/mol. The summed E-state index contributed by atoms with van der Waals surface area (Å²) in [5, 5.41) is 17.1. The number of ether oxygens (including phenoxy) is 3. The summed E-state index contributed by atoms with van der Waals surface area (Å²) in [4.78, 5) is 37.5. The van der Waals surface area contributed by atoms with Crippen LogP contribution in [0.2, 0.25) is 0 Å². The Bertz CT molecular complexity index is 1370. The van der Waals surface area contributed by atoms with Gasteiger partial charge in [-0.15, -0.1) is 0 Å². The van der Waals surface area contributed by atoms with E-state index in [0.717, 1.165) is 11.1 Å². The van der Waals surface area contributed by atoms with Gasteiger partial charge in [0.25, 0.3) is 17.5 Å². The number of nitro groups is 1. The molecule has 10 heteroatoms. The first-order valence-electron chi connectivity index (χ1n) is 11.1. The number of nitrogens with zero attached hydrogens (tertiary/aromatic N) is 1. The lowest BCUT2D eigenvalue weighted by atomic mass is 10.1. The monoisotopic (exact) mass is 505 g/mol. The molecule has 0 fully saturated rings. The van der Waals surface area contributed by atoms with Crippen LogP contribution >= 0.6 is 0 Å². The normalized spacial score (nSPS) is 10.9. The van der Waals surface area contributed by atoms with E-state index in [1.54, 1.807) is 18.2 Å². The number of methoxy groups -OCH3 is 3. The first-order valence-corrected chi connectivity index (χ1v) is 11.1. The van der Waals surface area contributed by atoms with Crippen molar-refractivity contribution in [2.24, 2.45) is 0 Å². The van der Waals surface area contributed by atoms with E-state index >= 15 is 0 Å². The molecule has 0 radical (unpaired) electrons. The van der Waals surface area contributed by atoms with Gasteiger partial charge < -0.3 is 24.8 Å². The van der Waals surface area contributed by atoms with Crippen LogP contribution < -0.4 is 24.8 Å². The third-order valence-corrected chi connectivity index (χ3v) is 5.50. The van der Waals surface area contributed by atoms with E-state index < -0.39 is 16.7 Å². The van der Waals surface area contributed by atoms with E-state index in [9.17, 15) is 19.7 Å². The first kappa shape index (κ1) is 26.7. The molecule has 0 heterocycles. The van der Waals surface area contributed by atoms with E-state index in [1.165, 1.54) is 51.7 Å². The van der Waals surface area contributed by atoms with Crippen molar-refractivity contribution in [1.82, 2.24) is 5.32 Å². The number of carbonyl (C=O) groups excluding carboxylic acids is 2. The number of amides is 2. The molecule has 0 unspecified atom stereocenters. The van der Waals surface area contributed by atoms with Crippen LogP contribution in [0, 0.1) is 24.0 Å². The predicted molar refractivity (Wildman–Crippen MR) is 139 cm³/mol. The molecule has 0 aliphatic rings. The average molecular weight is 506 g/mol. The van der Waals surface area contributed by atoms with Gasteiger partial charge >= 0.3 is 0 Å². The number of anilines is 1. The zero-order chi connectivity index (χ0) is 27.1. The van der Waals surface area contributed by atoms with Crippen LogP contribution in [0.5, 0.6) is 17.2 Å². The molecule has 0 aromatic heterocycles. The highest BCUT2D eigenvalue weighted by molar-refractivity contribution is 6.11. The van der Waals surface area contributed by atoms with Crippen LogP contribution in [0.25, 0.3) is 6.08 Å². The molecule has 0 atom stereocenters. The Morgan fingerprint density at radius 2 is 1.54 bits per heavy atom. The van der Waals surface area contributed by atoms with E-state index in [-0.39, 0.29) is 34.0 Å². The molecule has 0 bridgehead atoms. The van der Waals surface area contributed by atoms with Crippen LogP contribution in [-0.2, 0) is 4.79 Å². The third kappa shape index (κ3) is 6.43. The second-order valence-corrected chi connectivity index (χ2v) is 8.04. The number of nitrogens with one attached hydrogen (secondary N) is 2. The maximum absolute atomic E-state index is 13.3. The molecular formula is C27H27N3O7. The Labute approximate surface area is 214 Å². The van der Waals surface area contributed by atoms with Crippen LogP contribution in [0.15, 0.2) is 60.3 Å². The first-order chi connectivity index (χ1) is 17.7. The number of carbonyl (C=O) groups is 2. The lowest BCUT2D eigenvalue weighted by Gasteiger charge is -2.14. The van der Waals surface area contributed by atoms with E-state index in [1.807, 2.05) is 26.0 Å². The minimum atomic E-state index is -0.669. The van der Waals surface area contributed by atoms with E-state index in [2.05, 4.69) is 10.6 Å². The zero-order valence-corrected chi connectivity index (χ0v) is 21.1. The summed E-state index contributed by atoms with van der Waals surface area (Å²) in [5.41, 5.74) is 2.09. The standard InChI is InChI=1S/C27H27N3O7/c1-16-6-11-21(17(2)12-16)28-27(32)22(29-26(31)18-7-9-20(35-3)10-8-18)13-19-14-24(36-4)25(37-5)15-23(19)30(33)34/h6-15H,1-5H3,(H,28,32)(H,29,31). The van der Waals surface area contributed by atoms with Gasteiger partial charge in [0.15, 0.2) is 11.5 Å². The maximum Gasteiger partial charge on any atom is 0.280 e. The zero-order valence-electron chi connectivity index (χ0n) is 21.1. The number of hydrogen-bond acceptors (Lipinski definition) is 7. The van der Waals surface area contributed by atoms with Gasteiger partial charge in [0.1, 0.15) is 11.4 Å². The summed E-state index contributed by atoms with van der Waals surface area (Å²) in [6, 6.07) is 14.3. The van der Waals surface area contributed by atoms with Crippen molar-refractivity contribution in [3.05, 3.63) is 92.7 Å². The van der Waals surface area contributed by atoms with Gasteiger partial charge in [-0.25, -0.2) is 0 Å². The van der Waals surface area contributed by atoms with Crippen molar-refractivity contribution in [1.29, 1.82) is 0 Å². The molecule has 0 aliphatic carbocycles. The minimum absolute atomic E-state index is 0.0310. The summed E-state index contributed by atoms with van der Waals surface area (Å²) in [5.74, 6) is -0.337. The Hall–Kier alpha value is -4.86. The SMILES string of the molecule is COc1ccc(C(=O)NC(=Cc2cc(OC)c(OC)cc2[N+](=O)[O-])C(=O)Nc2ccc(C)cc2C)cc1. The van der Waals surface area contributed by atoms with Gasteiger partial charge in [0.05, 0.1) is 37.9 Å². The average Bonchev–Trinajstić information content (AvgIpc) is 2.89. The van der Waals surface area contributed by atoms with Crippen molar-refractivity contribution in [3.63, 3.8) is 0 Å². The second kappa shape index (κ2) is 11.7. The van der Waals surface area contributed by atoms with Crippen molar-refractivity contribution in [2.75, 3.05) is 26.6 Å². The molecule has 2 N–H and O–H groups in total. The number of rotatable bonds is 9. The fourth-order valence-corrected chi connectivity index (χ4v) is 3.55. The molecule has 2 amide bonds. The molecule has 3 rings (SSSR count). The lowest BCUT2D eigenvalue weighted by Crippen LogP contribution is -2.31. The van der Waals surface area contributed by atoms with Gasteiger partial charge in [-0.1, -0.05) is 17.7 Å². The van der Waals surface area contributed by atoms with Gasteiger partial charge in [-0.3, -0.25) is 19.7 Å². The molecule has 0 spiro atoms. The summed E-state index contributed by atoms with van der Waals surface area (Å²) >= 11 is 0. The highest BCUT2D eigenvalue weighted by Gasteiger charge is 2.22. The lowest BCUT2D eigenvalue weighted by molar-refractivity contribution is -0.385. The van der Waals surface area contributed by atoms with Gasteiger partial charge in [-0.2, -0.15) is 0 Å². The topological polar surface area (TPSA) is 129 Å². The van der Waals surface area contributed by atoms with Gasteiger partial charge in [-0.05, 0) is 61.9 Å². The molecule has 3 aromatic rings. The molecule has 192 valence electrons. The molecule has 10 nitrogen and oxygen atoms in total. The predicted octanol–water partition coefficient (Wildman–Crippen LogP) is 4.65. The fourth-order valence-electron chi connectivity index (χ4n) is 3.55. The summed E-state index contributed by atoms with van der Waals surface area (Å²) < 4.78 is 15.6. The van der Waals surface area contributed by atoms with Crippen molar-refractivity contribution >= 4 is 29.3 Å². The Morgan fingerprint density at radius 1 is 0.892 bits per heavy atom. The van der Waals surface area contributed by atoms with Crippen LogP contribution in [0.1, 0.15) is 27.0 Å². The number of hydrogen-bond donors (Lipinski definition) is 2. The van der Waals surface area contributed by atoms with E-state index in [0.29, 0.717) is 11.4 Å². The largest absolute Gasteiger partial charge is 0.497 e. The van der Waals surface area contributed by atoms with Crippen molar-refractivity contribution in [2.45, 2.75) is 13.8 Å². The maximum atomic E-state index is 13.3. The second-order valence-electron chi connectivity index (χ2n) is 8.04. The number of aryl methyl sites for hydroxylation is 2. The smallest absolute Gasteiger partial charge is 0.280 e. The number of benzene rings is 3. The minimum Gasteiger partial charge on any atom is -0.497 e.